The Morgan fingerprint density at radius 3 is 1.43 bits per heavy atom. The van der Waals surface area contributed by atoms with Gasteiger partial charge >= 0.3 is 266 Å². The first-order valence-electron chi connectivity index (χ1n) is 17.1. The summed E-state index contributed by atoms with van der Waals surface area (Å²) in [6.07, 6.45) is -0.278. The number of nitrogens with zero attached hydrogens (tertiary/aromatic N) is 4. The SMILES string of the molecule is CC(O)CC(C)O.CN(C)B1B(N(C)C)N(c2ccc(C(C)(C)c3ccccc3)cc2)[C](=[Pt])N1c1[c-]cc(C(C)(C)c2ccccc2)cc1. The fraction of sp³-hybridized carbons (Fsp3) is 0.375. The molecule has 1 aliphatic heterocycles. The van der Waals surface area contributed by atoms with Crippen LogP contribution in [0.3, 0.4) is 0 Å². The standard InChI is InChI=1S/C35H41B2N4.C5H12O2.Pt/c1-34(2,28-15-11-9-12-16-28)30-19-23-32(24-20-30)40-27-41(37(39(7)8)36(40)38(5)6)33-25-21-31(22-26-33)35(3,4)29-17-13-10-14-18-29;1-4(6)3-5(2)7;/h9-25H,1-8H3;4-7H,3H2,1-2H3;/q-1;;. The van der Waals surface area contributed by atoms with Gasteiger partial charge in [-0.1, -0.05) is 0 Å². The quantitative estimate of drug-likeness (QED) is 0.142. The van der Waals surface area contributed by atoms with Crippen molar-refractivity contribution in [2.24, 2.45) is 0 Å². The summed E-state index contributed by atoms with van der Waals surface area (Å²) in [4.78, 5) is 9.51. The van der Waals surface area contributed by atoms with Crippen LogP contribution in [0.15, 0.2) is 103 Å². The van der Waals surface area contributed by atoms with Gasteiger partial charge in [-0.05, 0) is 20.3 Å². The molecule has 0 amide bonds. The molecule has 2 N–H and O–H groups in total. The van der Waals surface area contributed by atoms with Crippen molar-refractivity contribution in [1.82, 2.24) is 9.62 Å². The molecular weight excluding hydrogens is 785 g/mol. The van der Waals surface area contributed by atoms with E-state index in [2.05, 4.69) is 204 Å². The average Bonchev–Trinajstić information content (AvgIpc) is 3.38. The normalized spacial score (nSPS) is 15.1. The molecule has 0 radical (unpaired) electrons. The second kappa shape index (κ2) is 16.4. The molecule has 6 nitrogen and oxygen atoms in total. The van der Waals surface area contributed by atoms with Gasteiger partial charge in [0.2, 0.25) is 0 Å². The van der Waals surface area contributed by atoms with Crippen LogP contribution in [-0.2, 0) is 30.2 Å². The Bertz CT molecular complexity index is 1510. The first-order valence-corrected chi connectivity index (χ1v) is 18.2. The van der Waals surface area contributed by atoms with Gasteiger partial charge in [0.15, 0.2) is 0 Å². The van der Waals surface area contributed by atoms with Crippen molar-refractivity contribution in [2.75, 3.05) is 37.8 Å². The number of hydrogen-bond acceptors (Lipinski definition) is 6. The van der Waals surface area contributed by atoms with Crippen LogP contribution in [0.1, 0.15) is 70.2 Å². The van der Waals surface area contributed by atoms with Crippen molar-refractivity contribution in [3.8, 4) is 0 Å². The van der Waals surface area contributed by atoms with Crippen LogP contribution in [-0.4, -0.2) is 78.1 Å². The second-order valence-electron chi connectivity index (χ2n) is 14.7. The minimum absolute atomic E-state index is 0.0782. The van der Waals surface area contributed by atoms with E-state index in [1.54, 1.807) is 13.8 Å². The van der Waals surface area contributed by atoms with E-state index < -0.39 is 0 Å². The van der Waals surface area contributed by atoms with Crippen molar-refractivity contribution in [1.29, 1.82) is 0 Å². The Balaban J connectivity index is 0.000000698. The van der Waals surface area contributed by atoms with Crippen LogP contribution >= 0.6 is 0 Å². The second-order valence-corrected chi connectivity index (χ2v) is 15.7. The van der Waals surface area contributed by atoms with Gasteiger partial charge in [-0.25, -0.2) is 0 Å². The number of anilines is 2. The number of rotatable bonds is 10. The molecule has 0 bridgehead atoms. The van der Waals surface area contributed by atoms with E-state index in [1.807, 2.05) is 0 Å². The summed E-state index contributed by atoms with van der Waals surface area (Å²) < 4.78 is 1.16. The Hall–Kier alpha value is -2.99. The van der Waals surface area contributed by atoms with Gasteiger partial charge in [0.1, 0.15) is 0 Å². The number of aliphatic hydroxyl groups excluding tert-OH is 2. The van der Waals surface area contributed by atoms with Crippen LogP contribution in [0.25, 0.3) is 0 Å². The van der Waals surface area contributed by atoms with Crippen molar-refractivity contribution >= 4 is 29.3 Å². The molecule has 1 fully saturated rings. The summed E-state index contributed by atoms with van der Waals surface area (Å²) in [5, 5.41) is 17.1. The van der Waals surface area contributed by atoms with E-state index in [-0.39, 0.29) is 36.8 Å². The number of benzene rings is 4. The van der Waals surface area contributed by atoms with E-state index in [9.17, 15) is 0 Å². The van der Waals surface area contributed by atoms with Crippen LogP contribution in [0.4, 0.5) is 11.4 Å². The minimum atomic E-state index is -0.375. The van der Waals surface area contributed by atoms with Gasteiger partial charge in [0.05, 0.1) is 12.2 Å². The van der Waals surface area contributed by atoms with Crippen molar-refractivity contribution in [3.63, 3.8) is 0 Å². The van der Waals surface area contributed by atoms with Crippen LogP contribution in [0.2, 0.25) is 0 Å². The van der Waals surface area contributed by atoms with Crippen LogP contribution < -0.4 is 9.62 Å². The third-order valence-corrected chi connectivity index (χ3v) is 10.6. The number of aliphatic hydroxyl groups is 2. The van der Waals surface area contributed by atoms with E-state index in [1.165, 1.54) is 27.9 Å². The maximum atomic E-state index is 8.56. The van der Waals surface area contributed by atoms with Gasteiger partial charge in [-0.15, -0.1) is 0 Å². The zero-order chi connectivity index (χ0) is 36.1. The summed E-state index contributed by atoms with van der Waals surface area (Å²) in [6, 6.07) is 41.0. The zero-order valence-electron chi connectivity index (χ0n) is 30.8. The Labute approximate surface area is 307 Å². The van der Waals surface area contributed by atoms with Crippen molar-refractivity contribution in [2.45, 2.75) is 71.0 Å². The fourth-order valence-corrected chi connectivity index (χ4v) is 7.76. The molecule has 1 heterocycles. The van der Waals surface area contributed by atoms with Crippen molar-refractivity contribution in [3.05, 3.63) is 131 Å². The molecule has 2 atom stereocenters. The fourth-order valence-electron chi connectivity index (χ4n) is 6.60. The molecule has 0 aromatic heterocycles. The Kier molecular flexibility index (Phi) is 13.0. The molecule has 4 aromatic carbocycles. The molecule has 262 valence electrons. The van der Waals surface area contributed by atoms with Gasteiger partial charge in [0.25, 0.3) is 0 Å². The Morgan fingerprint density at radius 1 is 0.633 bits per heavy atom. The van der Waals surface area contributed by atoms with Gasteiger partial charge in [-0.3, -0.25) is 0 Å². The molecule has 2 unspecified atom stereocenters. The molecular formula is C40H53B2N4O2Pt-. The maximum absolute atomic E-state index is 8.56. The first kappa shape index (κ1) is 38.8. The number of hydrogen-bond donors (Lipinski definition) is 2. The van der Waals surface area contributed by atoms with Gasteiger partial charge < -0.3 is 10.2 Å². The van der Waals surface area contributed by atoms with E-state index in [4.69, 9.17) is 10.2 Å². The molecule has 4 aromatic rings. The summed E-state index contributed by atoms with van der Waals surface area (Å²) >= 11 is 2.50. The van der Waals surface area contributed by atoms with Crippen LogP contribution in [0, 0.1) is 6.07 Å². The van der Waals surface area contributed by atoms with Gasteiger partial charge in [0, 0.05) is 0 Å². The average molecular weight is 839 g/mol. The molecule has 49 heavy (non-hydrogen) atoms. The van der Waals surface area contributed by atoms with E-state index in [0.29, 0.717) is 6.42 Å². The monoisotopic (exact) mass is 838 g/mol. The van der Waals surface area contributed by atoms with Gasteiger partial charge in [-0.2, -0.15) is 0 Å². The predicted molar refractivity (Wildman–Crippen MR) is 206 cm³/mol. The molecule has 5 rings (SSSR count). The molecule has 1 saturated heterocycles. The third kappa shape index (κ3) is 8.85. The summed E-state index contributed by atoms with van der Waals surface area (Å²) in [7, 11) is 8.67. The van der Waals surface area contributed by atoms with Crippen molar-refractivity contribution < 1.29 is 29.6 Å². The molecule has 0 saturated carbocycles. The summed E-state index contributed by atoms with van der Waals surface area (Å²) in [6.45, 7) is 12.7. The van der Waals surface area contributed by atoms with E-state index >= 15 is 0 Å². The van der Waals surface area contributed by atoms with E-state index in [0.717, 1.165) is 9.83 Å². The molecule has 0 aliphatic carbocycles. The summed E-state index contributed by atoms with van der Waals surface area (Å²) in [5.74, 6) is 0. The van der Waals surface area contributed by atoms with Crippen LogP contribution in [0.5, 0.6) is 0 Å². The first-order chi connectivity index (χ1) is 23.1. The third-order valence-electron chi connectivity index (χ3n) is 9.54. The zero-order valence-corrected chi connectivity index (χ0v) is 33.1. The topological polar surface area (TPSA) is 53.4 Å². The Morgan fingerprint density at radius 2 is 1.04 bits per heavy atom. The molecule has 1 aliphatic rings. The molecule has 9 heteroatoms. The summed E-state index contributed by atoms with van der Waals surface area (Å²) in [5.41, 5.74) is 7.25. The predicted octanol–water partition coefficient (Wildman–Crippen LogP) is 6.42. The molecule has 0 spiro atoms.